The maximum Gasteiger partial charge on any atom is 0.258 e. The summed E-state index contributed by atoms with van der Waals surface area (Å²) < 4.78 is 13.7. The SMILES string of the molecule is Cc1ccc(C)c(OCC(=O)NC(C)c2nc3ccccc3n2CCOc2ccccc2Cl)c1. The molecule has 0 saturated heterocycles. The number of amides is 1. The van der Waals surface area contributed by atoms with Gasteiger partial charge in [-0.3, -0.25) is 4.79 Å². The van der Waals surface area contributed by atoms with Crippen molar-refractivity contribution < 1.29 is 14.3 Å². The second-order valence-electron chi connectivity index (χ2n) is 8.24. The molecule has 1 amide bonds. The highest BCUT2D eigenvalue weighted by atomic mass is 35.5. The third-order valence-electron chi connectivity index (χ3n) is 5.56. The number of aryl methyl sites for hydroxylation is 2. The second-order valence-corrected chi connectivity index (χ2v) is 8.64. The molecule has 0 saturated carbocycles. The molecule has 0 bridgehead atoms. The molecule has 0 spiro atoms. The van der Waals surface area contributed by atoms with Crippen molar-refractivity contribution in [1.29, 1.82) is 0 Å². The number of halogens is 1. The molecule has 7 heteroatoms. The zero-order valence-electron chi connectivity index (χ0n) is 19.5. The van der Waals surface area contributed by atoms with Gasteiger partial charge >= 0.3 is 0 Å². The highest BCUT2D eigenvalue weighted by Crippen LogP contribution is 2.25. The van der Waals surface area contributed by atoms with E-state index >= 15 is 0 Å². The molecule has 3 aromatic carbocycles. The molecule has 4 aromatic rings. The van der Waals surface area contributed by atoms with Crippen LogP contribution < -0.4 is 14.8 Å². The van der Waals surface area contributed by atoms with Crippen LogP contribution in [0.3, 0.4) is 0 Å². The minimum atomic E-state index is -0.317. The molecule has 176 valence electrons. The first-order valence-electron chi connectivity index (χ1n) is 11.2. The molecule has 0 radical (unpaired) electrons. The first kappa shape index (κ1) is 23.6. The molecule has 1 N–H and O–H groups in total. The lowest BCUT2D eigenvalue weighted by Gasteiger charge is -2.17. The molecule has 1 heterocycles. The summed E-state index contributed by atoms with van der Waals surface area (Å²) in [5.74, 6) is 1.90. The van der Waals surface area contributed by atoms with Crippen molar-refractivity contribution in [3.8, 4) is 11.5 Å². The first-order valence-corrected chi connectivity index (χ1v) is 11.6. The van der Waals surface area contributed by atoms with Crippen LogP contribution in [0.15, 0.2) is 66.7 Å². The molecule has 1 unspecified atom stereocenters. The number of rotatable bonds is 9. The Bertz CT molecular complexity index is 1300. The summed E-state index contributed by atoms with van der Waals surface area (Å²) in [6.45, 7) is 6.78. The van der Waals surface area contributed by atoms with Crippen LogP contribution in [0.25, 0.3) is 11.0 Å². The van der Waals surface area contributed by atoms with E-state index < -0.39 is 0 Å². The number of hydrogen-bond donors (Lipinski definition) is 1. The number of para-hydroxylation sites is 3. The summed E-state index contributed by atoms with van der Waals surface area (Å²) in [6, 6.07) is 20.9. The number of nitrogens with zero attached hydrogens (tertiary/aromatic N) is 2. The number of hydrogen-bond acceptors (Lipinski definition) is 4. The lowest BCUT2D eigenvalue weighted by atomic mass is 10.1. The summed E-state index contributed by atoms with van der Waals surface area (Å²) in [5.41, 5.74) is 3.92. The zero-order valence-corrected chi connectivity index (χ0v) is 20.3. The Labute approximate surface area is 204 Å². The fourth-order valence-electron chi connectivity index (χ4n) is 3.82. The van der Waals surface area contributed by atoms with Gasteiger partial charge in [0.2, 0.25) is 0 Å². The van der Waals surface area contributed by atoms with E-state index in [4.69, 9.17) is 26.1 Å². The number of nitrogens with one attached hydrogen (secondary N) is 1. The predicted octanol–water partition coefficient (Wildman–Crippen LogP) is 5.64. The van der Waals surface area contributed by atoms with Gasteiger partial charge in [0, 0.05) is 0 Å². The average molecular weight is 478 g/mol. The van der Waals surface area contributed by atoms with Crippen LogP contribution in [0.5, 0.6) is 11.5 Å². The second kappa shape index (κ2) is 10.6. The van der Waals surface area contributed by atoms with Crippen molar-refractivity contribution in [3.63, 3.8) is 0 Å². The Morgan fingerprint density at radius 2 is 1.79 bits per heavy atom. The van der Waals surface area contributed by atoms with Crippen molar-refractivity contribution in [3.05, 3.63) is 88.7 Å². The van der Waals surface area contributed by atoms with E-state index in [1.807, 2.05) is 81.4 Å². The van der Waals surface area contributed by atoms with Crippen molar-refractivity contribution in [2.24, 2.45) is 0 Å². The van der Waals surface area contributed by atoms with Gasteiger partial charge in [-0.05, 0) is 62.2 Å². The van der Waals surface area contributed by atoms with E-state index in [0.29, 0.717) is 29.7 Å². The third kappa shape index (κ3) is 5.51. The van der Waals surface area contributed by atoms with E-state index in [1.165, 1.54) is 0 Å². The normalized spacial score (nSPS) is 11.9. The molecule has 1 atom stereocenters. The Balaban J connectivity index is 1.45. The Kier molecular flexibility index (Phi) is 7.38. The molecule has 0 aliphatic rings. The van der Waals surface area contributed by atoms with Crippen LogP contribution >= 0.6 is 11.6 Å². The summed E-state index contributed by atoms with van der Waals surface area (Å²) in [5, 5.41) is 3.58. The maximum atomic E-state index is 12.6. The minimum Gasteiger partial charge on any atom is -0.490 e. The molecular formula is C27H28ClN3O3. The molecule has 6 nitrogen and oxygen atoms in total. The number of imidazole rings is 1. The molecule has 34 heavy (non-hydrogen) atoms. The van der Waals surface area contributed by atoms with Crippen molar-refractivity contribution >= 4 is 28.5 Å². The topological polar surface area (TPSA) is 65.4 Å². The Hall–Kier alpha value is -3.51. The Morgan fingerprint density at radius 1 is 1.03 bits per heavy atom. The fraction of sp³-hybridized carbons (Fsp3) is 0.259. The molecule has 0 aliphatic carbocycles. The lowest BCUT2D eigenvalue weighted by Crippen LogP contribution is -2.33. The molecule has 0 aliphatic heterocycles. The van der Waals surface area contributed by atoms with Gasteiger partial charge in [-0.25, -0.2) is 4.98 Å². The van der Waals surface area contributed by atoms with Crippen molar-refractivity contribution in [1.82, 2.24) is 14.9 Å². The van der Waals surface area contributed by atoms with Crippen molar-refractivity contribution in [2.75, 3.05) is 13.2 Å². The standard InChI is InChI=1S/C27H28ClN3O3/c1-18-12-13-19(2)25(16-18)34-17-26(32)29-20(3)27-30-22-9-5-6-10-23(22)31(27)14-15-33-24-11-7-4-8-21(24)28/h4-13,16,20H,14-15,17H2,1-3H3,(H,29,32). The lowest BCUT2D eigenvalue weighted by molar-refractivity contribution is -0.123. The van der Waals surface area contributed by atoms with Crippen LogP contribution in [-0.2, 0) is 11.3 Å². The number of benzene rings is 3. The third-order valence-corrected chi connectivity index (χ3v) is 5.87. The predicted molar refractivity (Wildman–Crippen MR) is 135 cm³/mol. The van der Waals surface area contributed by atoms with Gasteiger partial charge in [0.05, 0.1) is 28.6 Å². The van der Waals surface area contributed by atoms with E-state index in [2.05, 4.69) is 9.88 Å². The summed E-state index contributed by atoms with van der Waals surface area (Å²) in [4.78, 5) is 17.4. The number of aromatic nitrogens is 2. The van der Waals surface area contributed by atoms with E-state index in [0.717, 1.165) is 28.0 Å². The quantitative estimate of drug-likeness (QED) is 0.338. The number of ether oxygens (including phenoxy) is 2. The summed E-state index contributed by atoms with van der Waals surface area (Å²) >= 11 is 6.21. The van der Waals surface area contributed by atoms with Gasteiger partial charge in [0.1, 0.15) is 23.9 Å². The highest BCUT2D eigenvalue weighted by Gasteiger charge is 2.19. The van der Waals surface area contributed by atoms with Gasteiger partial charge in [0.15, 0.2) is 6.61 Å². The first-order chi connectivity index (χ1) is 16.4. The molecule has 4 rings (SSSR count). The molecular weight excluding hydrogens is 450 g/mol. The largest absolute Gasteiger partial charge is 0.490 e. The average Bonchev–Trinajstić information content (AvgIpc) is 3.20. The van der Waals surface area contributed by atoms with E-state index in [1.54, 1.807) is 6.07 Å². The summed E-state index contributed by atoms with van der Waals surface area (Å²) in [6.07, 6.45) is 0. The van der Waals surface area contributed by atoms with Gasteiger partial charge in [-0.1, -0.05) is 48.0 Å². The van der Waals surface area contributed by atoms with Gasteiger partial charge in [0.25, 0.3) is 5.91 Å². The number of fused-ring (bicyclic) bond motifs is 1. The molecule has 0 fully saturated rings. The van der Waals surface area contributed by atoms with Crippen LogP contribution in [-0.4, -0.2) is 28.7 Å². The Morgan fingerprint density at radius 3 is 2.62 bits per heavy atom. The van der Waals surface area contributed by atoms with Crippen LogP contribution in [0.4, 0.5) is 0 Å². The monoisotopic (exact) mass is 477 g/mol. The molecule has 1 aromatic heterocycles. The van der Waals surface area contributed by atoms with Gasteiger partial charge < -0.3 is 19.4 Å². The van der Waals surface area contributed by atoms with Crippen LogP contribution in [0, 0.1) is 13.8 Å². The van der Waals surface area contributed by atoms with E-state index in [-0.39, 0.29) is 18.6 Å². The van der Waals surface area contributed by atoms with Gasteiger partial charge in [-0.2, -0.15) is 0 Å². The minimum absolute atomic E-state index is 0.0650. The zero-order chi connectivity index (χ0) is 24.1. The number of carbonyl (C=O) groups is 1. The van der Waals surface area contributed by atoms with Gasteiger partial charge in [-0.15, -0.1) is 0 Å². The number of carbonyl (C=O) groups excluding carboxylic acids is 1. The smallest absolute Gasteiger partial charge is 0.258 e. The summed E-state index contributed by atoms with van der Waals surface area (Å²) in [7, 11) is 0. The van der Waals surface area contributed by atoms with E-state index in [9.17, 15) is 4.79 Å². The fourth-order valence-corrected chi connectivity index (χ4v) is 4.01. The van der Waals surface area contributed by atoms with Crippen LogP contribution in [0.2, 0.25) is 5.02 Å². The van der Waals surface area contributed by atoms with Crippen LogP contribution in [0.1, 0.15) is 29.9 Å². The highest BCUT2D eigenvalue weighted by molar-refractivity contribution is 6.32. The maximum absolute atomic E-state index is 12.6. The van der Waals surface area contributed by atoms with Crippen molar-refractivity contribution in [2.45, 2.75) is 33.4 Å².